The van der Waals surface area contributed by atoms with Crippen molar-refractivity contribution in [3.8, 4) is 6.07 Å². The maximum absolute atomic E-state index is 11.7. The largest absolute Gasteiger partial charge is 0.352 e. The van der Waals surface area contributed by atoms with Crippen LogP contribution in [0, 0.1) is 11.3 Å². The first-order valence-electron chi connectivity index (χ1n) is 6.08. The lowest BCUT2D eigenvalue weighted by Crippen LogP contribution is -2.42. The Labute approximate surface area is 106 Å². The van der Waals surface area contributed by atoms with E-state index in [0.717, 1.165) is 18.4 Å². The molecule has 1 aromatic rings. The van der Waals surface area contributed by atoms with Crippen molar-refractivity contribution < 1.29 is 4.79 Å². The first-order chi connectivity index (χ1) is 8.69. The Kier molecular flexibility index (Phi) is 3.90. The molecule has 0 saturated heterocycles. The number of nitrogens with zero attached hydrogens (tertiary/aromatic N) is 2. The molecular formula is C13H16N4O. The van der Waals surface area contributed by atoms with Crippen LogP contribution in [0.15, 0.2) is 18.3 Å². The molecule has 5 nitrogen and oxygen atoms in total. The van der Waals surface area contributed by atoms with Crippen LogP contribution in [0.1, 0.15) is 31.0 Å². The van der Waals surface area contributed by atoms with Gasteiger partial charge in [-0.1, -0.05) is 0 Å². The van der Waals surface area contributed by atoms with Gasteiger partial charge in [-0.3, -0.25) is 4.79 Å². The van der Waals surface area contributed by atoms with Gasteiger partial charge in [0.2, 0.25) is 5.91 Å². The van der Waals surface area contributed by atoms with E-state index in [-0.39, 0.29) is 11.9 Å². The van der Waals surface area contributed by atoms with E-state index >= 15 is 0 Å². The molecule has 1 atom stereocenters. The summed E-state index contributed by atoms with van der Waals surface area (Å²) in [7, 11) is 0. The van der Waals surface area contributed by atoms with Crippen molar-refractivity contribution in [2.45, 2.75) is 38.4 Å². The molecule has 18 heavy (non-hydrogen) atoms. The van der Waals surface area contributed by atoms with Crippen molar-refractivity contribution in [2.24, 2.45) is 0 Å². The average molecular weight is 244 g/mol. The van der Waals surface area contributed by atoms with Gasteiger partial charge in [0.05, 0.1) is 6.04 Å². The third kappa shape index (κ3) is 3.54. The minimum absolute atomic E-state index is 0.0343. The van der Waals surface area contributed by atoms with Crippen LogP contribution in [0.2, 0.25) is 0 Å². The zero-order valence-electron chi connectivity index (χ0n) is 10.3. The normalized spacial score (nSPS) is 15.8. The third-order valence-electron chi connectivity index (χ3n) is 2.87. The van der Waals surface area contributed by atoms with Gasteiger partial charge in [0.15, 0.2) is 0 Å². The van der Waals surface area contributed by atoms with Gasteiger partial charge in [-0.2, -0.15) is 5.26 Å². The number of amides is 1. The molecule has 0 spiro atoms. The van der Waals surface area contributed by atoms with Crippen LogP contribution in [0.4, 0.5) is 0 Å². The van der Waals surface area contributed by atoms with Gasteiger partial charge in [0.1, 0.15) is 11.8 Å². The zero-order chi connectivity index (χ0) is 13.0. The van der Waals surface area contributed by atoms with Crippen LogP contribution in [0.3, 0.4) is 0 Å². The van der Waals surface area contributed by atoms with E-state index < -0.39 is 0 Å². The van der Waals surface area contributed by atoms with Gasteiger partial charge in [-0.05, 0) is 37.5 Å². The molecule has 1 unspecified atom stereocenters. The standard InChI is InChI=1S/C13H16N4O/c1-9(13(18)17-11-2-3-11)16-8-10-4-5-15-12(6-10)7-14/h4-6,9,11,16H,2-3,8H2,1H3,(H,17,18). The molecule has 94 valence electrons. The Morgan fingerprint density at radius 2 is 2.44 bits per heavy atom. The number of hydrogen-bond donors (Lipinski definition) is 2. The predicted molar refractivity (Wildman–Crippen MR) is 66.4 cm³/mol. The third-order valence-corrected chi connectivity index (χ3v) is 2.87. The minimum Gasteiger partial charge on any atom is -0.352 e. The van der Waals surface area contributed by atoms with E-state index in [0.29, 0.717) is 18.3 Å². The quantitative estimate of drug-likeness (QED) is 0.799. The van der Waals surface area contributed by atoms with Crippen molar-refractivity contribution in [3.63, 3.8) is 0 Å². The van der Waals surface area contributed by atoms with Gasteiger partial charge < -0.3 is 10.6 Å². The molecule has 2 rings (SSSR count). The molecule has 2 N–H and O–H groups in total. The fraction of sp³-hybridized carbons (Fsp3) is 0.462. The molecule has 0 aliphatic heterocycles. The summed E-state index contributed by atoms with van der Waals surface area (Å²) in [6, 6.07) is 5.70. The van der Waals surface area contributed by atoms with Crippen molar-refractivity contribution >= 4 is 5.91 Å². The molecule has 0 radical (unpaired) electrons. The summed E-state index contributed by atoms with van der Waals surface area (Å²) in [5.41, 5.74) is 1.34. The summed E-state index contributed by atoms with van der Waals surface area (Å²) >= 11 is 0. The van der Waals surface area contributed by atoms with E-state index in [1.165, 1.54) is 0 Å². The molecule has 1 aromatic heterocycles. The van der Waals surface area contributed by atoms with Crippen LogP contribution >= 0.6 is 0 Å². The highest BCUT2D eigenvalue weighted by Gasteiger charge is 2.25. The Balaban J connectivity index is 1.82. The Morgan fingerprint density at radius 3 is 3.11 bits per heavy atom. The summed E-state index contributed by atoms with van der Waals surface area (Å²) in [6.07, 6.45) is 3.78. The molecule has 1 heterocycles. The fourth-order valence-corrected chi connectivity index (χ4v) is 1.56. The highest BCUT2D eigenvalue weighted by Crippen LogP contribution is 2.18. The van der Waals surface area contributed by atoms with E-state index in [2.05, 4.69) is 15.6 Å². The van der Waals surface area contributed by atoms with Gasteiger partial charge >= 0.3 is 0 Å². The van der Waals surface area contributed by atoms with Crippen molar-refractivity contribution in [3.05, 3.63) is 29.6 Å². The van der Waals surface area contributed by atoms with Gasteiger partial charge in [0.25, 0.3) is 0 Å². The number of carbonyl (C=O) groups is 1. The van der Waals surface area contributed by atoms with Crippen molar-refractivity contribution in [1.82, 2.24) is 15.6 Å². The van der Waals surface area contributed by atoms with E-state index in [9.17, 15) is 4.79 Å². The molecule has 1 amide bonds. The molecule has 1 fully saturated rings. The molecule has 1 aliphatic rings. The smallest absolute Gasteiger partial charge is 0.237 e. The number of nitrogens with one attached hydrogen (secondary N) is 2. The maximum atomic E-state index is 11.7. The van der Waals surface area contributed by atoms with Crippen LogP contribution < -0.4 is 10.6 Å². The van der Waals surface area contributed by atoms with E-state index in [1.807, 2.05) is 19.1 Å². The Bertz CT molecular complexity index is 476. The van der Waals surface area contributed by atoms with Crippen LogP contribution in [0.5, 0.6) is 0 Å². The summed E-state index contributed by atoms with van der Waals surface area (Å²) < 4.78 is 0. The highest BCUT2D eigenvalue weighted by molar-refractivity contribution is 5.81. The topological polar surface area (TPSA) is 77.8 Å². The minimum atomic E-state index is -0.232. The molecule has 0 aromatic carbocycles. The summed E-state index contributed by atoms with van der Waals surface area (Å²) in [6.45, 7) is 2.39. The fourth-order valence-electron chi connectivity index (χ4n) is 1.56. The molecule has 0 bridgehead atoms. The average Bonchev–Trinajstić information content (AvgIpc) is 3.20. The van der Waals surface area contributed by atoms with E-state index in [4.69, 9.17) is 5.26 Å². The molecule has 1 aliphatic carbocycles. The maximum Gasteiger partial charge on any atom is 0.237 e. The lowest BCUT2D eigenvalue weighted by atomic mass is 10.2. The zero-order valence-corrected chi connectivity index (χ0v) is 10.3. The number of carbonyl (C=O) groups excluding carboxylic acids is 1. The second-order valence-electron chi connectivity index (χ2n) is 4.55. The van der Waals surface area contributed by atoms with Crippen LogP contribution in [-0.4, -0.2) is 23.0 Å². The van der Waals surface area contributed by atoms with Gasteiger partial charge in [0, 0.05) is 18.8 Å². The first-order valence-corrected chi connectivity index (χ1v) is 6.08. The SMILES string of the molecule is CC(NCc1ccnc(C#N)c1)C(=O)NC1CC1. The number of rotatable bonds is 5. The Morgan fingerprint density at radius 1 is 1.67 bits per heavy atom. The lowest BCUT2D eigenvalue weighted by Gasteiger charge is -2.13. The predicted octanol–water partition coefficient (Wildman–Crippen LogP) is 0.710. The van der Waals surface area contributed by atoms with Crippen molar-refractivity contribution in [1.29, 1.82) is 5.26 Å². The molecular weight excluding hydrogens is 228 g/mol. The van der Waals surface area contributed by atoms with Crippen molar-refractivity contribution in [2.75, 3.05) is 0 Å². The second kappa shape index (κ2) is 5.61. The van der Waals surface area contributed by atoms with Crippen LogP contribution in [0.25, 0.3) is 0 Å². The number of hydrogen-bond acceptors (Lipinski definition) is 4. The summed E-state index contributed by atoms with van der Waals surface area (Å²) in [5, 5.41) is 14.8. The second-order valence-corrected chi connectivity index (χ2v) is 4.55. The number of aromatic nitrogens is 1. The van der Waals surface area contributed by atoms with Gasteiger partial charge in [-0.15, -0.1) is 0 Å². The first kappa shape index (κ1) is 12.5. The highest BCUT2D eigenvalue weighted by atomic mass is 16.2. The molecule has 1 saturated carbocycles. The number of pyridine rings is 1. The lowest BCUT2D eigenvalue weighted by molar-refractivity contribution is -0.122. The summed E-state index contributed by atoms with van der Waals surface area (Å²) in [4.78, 5) is 15.6. The van der Waals surface area contributed by atoms with E-state index in [1.54, 1.807) is 12.3 Å². The van der Waals surface area contributed by atoms with Crippen LogP contribution in [-0.2, 0) is 11.3 Å². The summed E-state index contributed by atoms with van der Waals surface area (Å²) in [5.74, 6) is 0.0343. The number of nitriles is 1. The Hall–Kier alpha value is -1.93. The van der Waals surface area contributed by atoms with Gasteiger partial charge in [-0.25, -0.2) is 4.98 Å². The molecule has 5 heteroatoms. The monoisotopic (exact) mass is 244 g/mol.